The summed E-state index contributed by atoms with van der Waals surface area (Å²) in [5.74, 6) is -3.49. The van der Waals surface area contributed by atoms with Crippen LogP contribution >= 0.6 is 0 Å². The van der Waals surface area contributed by atoms with Crippen molar-refractivity contribution in [3.8, 4) is 0 Å². The molecule has 0 radical (unpaired) electrons. The summed E-state index contributed by atoms with van der Waals surface area (Å²) < 4.78 is 0. The van der Waals surface area contributed by atoms with Crippen LogP contribution in [0, 0.1) is 5.92 Å². The van der Waals surface area contributed by atoms with Gasteiger partial charge in [0.05, 0.1) is 6.04 Å². The Hall–Kier alpha value is -2.74. The van der Waals surface area contributed by atoms with E-state index in [1.165, 1.54) is 0 Å². The van der Waals surface area contributed by atoms with Gasteiger partial charge in [0.15, 0.2) is 0 Å². The maximum absolute atomic E-state index is 12.5. The van der Waals surface area contributed by atoms with Gasteiger partial charge < -0.3 is 21.5 Å². The molecule has 0 heterocycles. The molecule has 5 N–H and O–H groups in total. The van der Waals surface area contributed by atoms with E-state index in [-0.39, 0.29) is 19.4 Å². The van der Waals surface area contributed by atoms with Crippen LogP contribution in [0.2, 0.25) is 0 Å². The third-order valence-corrected chi connectivity index (χ3v) is 4.34. The van der Waals surface area contributed by atoms with Gasteiger partial charge in [-0.2, -0.15) is 0 Å². The summed E-state index contributed by atoms with van der Waals surface area (Å²) in [7, 11) is 0. The maximum Gasteiger partial charge on any atom is 0.303 e. The highest BCUT2D eigenvalue weighted by atomic mass is 16.4. The number of carbonyl (C=O) groups excluding carboxylic acids is 3. The van der Waals surface area contributed by atoms with E-state index in [0.29, 0.717) is 25.8 Å². The van der Waals surface area contributed by atoms with E-state index in [0.717, 1.165) is 5.56 Å². The van der Waals surface area contributed by atoms with Gasteiger partial charge in [0.1, 0.15) is 0 Å². The Morgan fingerprint density at radius 1 is 1.07 bits per heavy atom. The summed E-state index contributed by atoms with van der Waals surface area (Å²) >= 11 is 0. The topological polar surface area (TPSA) is 139 Å². The van der Waals surface area contributed by atoms with Crippen LogP contribution in [0.15, 0.2) is 30.3 Å². The lowest BCUT2D eigenvalue weighted by Gasteiger charge is -2.19. The van der Waals surface area contributed by atoms with E-state index in [9.17, 15) is 19.2 Å². The molecule has 1 rings (SSSR count). The van der Waals surface area contributed by atoms with Crippen LogP contribution in [0.25, 0.3) is 0 Å². The van der Waals surface area contributed by atoms with E-state index in [2.05, 4.69) is 10.6 Å². The van der Waals surface area contributed by atoms with E-state index in [1.54, 1.807) is 6.92 Å². The monoisotopic (exact) mass is 391 g/mol. The normalized spacial score (nSPS) is 12.6. The maximum atomic E-state index is 12.5. The molecule has 0 spiro atoms. The van der Waals surface area contributed by atoms with E-state index in [1.807, 2.05) is 30.3 Å². The fourth-order valence-corrected chi connectivity index (χ4v) is 2.57. The first-order valence-corrected chi connectivity index (χ1v) is 9.43. The van der Waals surface area contributed by atoms with Gasteiger partial charge in [-0.15, -0.1) is 0 Å². The first kappa shape index (κ1) is 23.3. The number of unbranched alkanes of at least 4 members (excludes halogenated alkanes) is 1. The van der Waals surface area contributed by atoms with Crippen molar-refractivity contribution in [3.63, 3.8) is 0 Å². The number of nitrogens with one attached hydrogen (secondary N) is 2. The molecule has 0 bridgehead atoms. The number of hydrogen-bond acceptors (Lipinski definition) is 5. The molecular formula is C20H29N3O5. The number of aliphatic carboxylic acids is 1. The van der Waals surface area contributed by atoms with Crippen molar-refractivity contribution >= 4 is 23.6 Å². The van der Waals surface area contributed by atoms with Crippen LogP contribution in [0.5, 0.6) is 0 Å². The second-order valence-corrected chi connectivity index (χ2v) is 6.71. The SMILES string of the molecule is CC(CCC(=O)O)C(=O)NC(CCCCN)C(=O)C(=O)NCc1ccccc1. The summed E-state index contributed by atoms with van der Waals surface area (Å²) in [6.45, 7) is 2.25. The molecule has 8 heteroatoms. The molecule has 2 unspecified atom stereocenters. The molecule has 0 aliphatic rings. The molecule has 28 heavy (non-hydrogen) atoms. The van der Waals surface area contributed by atoms with Crippen LogP contribution in [0.3, 0.4) is 0 Å². The largest absolute Gasteiger partial charge is 0.481 e. The number of Topliss-reactive ketones (excluding diaryl/α,β-unsaturated/α-hetero) is 1. The van der Waals surface area contributed by atoms with Crippen molar-refractivity contribution in [2.75, 3.05) is 6.54 Å². The zero-order valence-corrected chi connectivity index (χ0v) is 16.1. The Morgan fingerprint density at radius 2 is 1.75 bits per heavy atom. The smallest absolute Gasteiger partial charge is 0.303 e. The van der Waals surface area contributed by atoms with Gasteiger partial charge in [0.25, 0.3) is 5.91 Å². The number of carboxylic acids is 1. The van der Waals surface area contributed by atoms with E-state index < -0.39 is 35.5 Å². The van der Waals surface area contributed by atoms with Gasteiger partial charge in [-0.3, -0.25) is 19.2 Å². The second kappa shape index (κ2) is 12.6. The number of benzene rings is 1. The van der Waals surface area contributed by atoms with Gasteiger partial charge in [0.2, 0.25) is 11.7 Å². The molecule has 0 aromatic heterocycles. The number of carbonyl (C=O) groups is 4. The molecule has 0 aliphatic carbocycles. The molecule has 1 aromatic carbocycles. The van der Waals surface area contributed by atoms with Crippen LogP contribution in [0.4, 0.5) is 0 Å². The molecule has 0 aliphatic heterocycles. The third-order valence-electron chi connectivity index (χ3n) is 4.34. The first-order valence-electron chi connectivity index (χ1n) is 9.43. The Labute approximate surface area is 164 Å². The predicted molar refractivity (Wildman–Crippen MR) is 104 cm³/mol. The number of rotatable bonds is 13. The molecule has 2 amide bonds. The number of carboxylic acid groups (broad SMARTS) is 1. The highest BCUT2D eigenvalue weighted by Crippen LogP contribution is 2.09. The number of hydrogen-bond donors (Lipinski definition) is 4. The number of ketones is 1. The number of nitrogens with two attached hydrogens (primary N) is 1. The Kier molecular flexibility index (Phi) is 10.5. The third kappa shape index (κ3) is 8.77. The van der Waals surface area contributed by atoms with Crippen LogP contribution in [-0.4, -0.2) is 41.3 Å². The molecule has 0 fully saturated rings. The van der Waals surface area contributed by atoms with Crippen molar-refractivity contribution in [1.82, 2.24) is 10.6 Å². The predicted octanol–water partition coefficient (Wildman–Crippen LogP) is 0.987. The standard InChI is InChI=1S/C20H29N3O5/c1-14(10-11-17(24)25)19(27)23-16(9-5-6-12-21)18(26)20(28)22-13-15-7-3-2-4-8-15/h2-4,7-8,14,16H,5-6,9-13,21H2,1H3,(H,22,28)(H,23,27)(H,24,25). The van der Waals surface area contributed by atoms with Crippen LogP contribution < -0.4 is 16.4 Å². The number of amides is 2. The molecule has 154 valence electrons. The lowest BCUT2D eigenvalue weighted by molar-refractivity contribution is -0.140. The fraction of sp³-hybridized carbons (Fsp3) is 0.500. The fourth-order valence-electron chi connectivity index (χ4n) is 2.57. The molecule has 2 atom stereocenters. The highest BCUT2D eigenvalue weighted by molar-refractivity contribution is 6.38. The van der Waals surface area contributed by atoms with Crippen molar-refractivity contribution in [2.24, 2.45) is 11.7 Å². The summed E-state index contributed by atoms with van der Waals surface area (Å²) in [4.78, 5) is 47.7. The molecular weight excluding hydrogens is 362 g/mol. The van der Waals surface area contributed by atoms with Gasteiger partial charge in [-0.25, -0.2) is 0 Å². The average Bonchev–Trinajstić information content (AvgIpc) is 2.69. The average molecular weight is 391 g/mol. The van der Waals surface area contributed by atoms with Gasteiger partial charge in [-0.05, 0) is 37.8 Å². The lowest BCUT2D eigenvalue weighted by atomic mass is 10.0. The first-order chi connectivity index (χ1) is 13.3. The second-order valence-electron chi connectivity index (χ2n) is 6.71. The Bertz CT molecular complexity index is 663. The van der Waals surface area contributed by atoms with Crippen LogP contribution in [0.1, 0.15) is 44.6 Å². The Morgan fingerprint density at radius 3 is 2.36 bits per heavy atom. The van der Waals surface area contributed by atoms with Crippen molar-refractivity contribution in [2.45, 2.75) is 51.6 Å². The van der Waals surface area contributed by atoms with Crippen molar-refractivity contribution in [3.05, 3.63) is 35.9 Å². The van der Waals surface area contributed by atoms with Gasteiger partial charge >= 0.3 is 5.97 Å². The zero-order chi connectivity index (χ0) is 20.9. The molecule has 0 saturated carbocycles. The van der Waals surface area contributed by atoms with Crippen molar-refractivity contribution < 1.29 is 24.3 Å². The summed E-state index contributed by atoms with van der Waals surface area (Å²) in [5.41, 5.74) is 6.33. The van der Waals surface area contributed by atoms with Crippen LogP contribution in [-0.2, 0) is 25.7 Å². The summed E-state index contributed by atoms with van der Waals surface area (Å²) in [5, 5.41) is 13.9. The Balaban J connectivity index is 2.66. The highest BCUT2D eigenvalue weighted by Gasteiger charge is 2.28. The summed E-state index contributed by atoms with van der Waals surface area (Å²) in [6, 6.07) is 8.22. The molecule has 8 nitrogen and oxygen atoms in total. The minimum atomic E-state index is -0.990. The minimum Gasteiger partial charge on any atom is -0.481 e. The van der Waals surface area contributed by atoms with Gasteiger partial charge in [-0.1, -0.05) is 37.3 Å². The lowest BCUT2D eigenvalue weighted by Crippen LogP contribution is -2.48. The van der Waals surface area contributed by atoms with Crippen molar-refractivity contribution in [1.29, 1.82) is 0 Å². The molecule has 0 saturated heterocycles. The van der Waals surface area contributed by atoms with E-state index >= 15 is 0 Å². The quantitative estimate of drug-likeness (QED) is 0.292. The summed E-state index contributed by atoms with van der Waals surface area (Å²) in [6.07, 6.45) is 1.57. The van der Waals surface area contributed by atoms with E-state index in [4.69, 9.17) is 10.8 Å². The van der Waals surface area contributed by atoms with Gasteiger partial charge in [0, 0.05) is 18.9 Å². The zero-order valence-electron chi connectivity index (χ0n) is 16.1. The minimum absolute atomic E-state index is 0.141. The molecule has 1 aromatic rings.